The third-order valence-electron chi connectivity index (χ3n) is 3.23. The number of ketones is 1. The number of carbonyl (C=O) groups excluding carboxylic acids is 1. The summed E-state index contributed by atoms with van der Waals surface area (Å²) in [5.74, 6) is 1.44. The molecule has 0 amide bonds. The molecular formula is C16H13ClO4. The number of rotatable bonds is 3. The minimum Gasteiger partial charge on any atom is -0.496 e. The number of methoxy groups -OCH3 is 1. The lowest BCUT2D eigenvalue weighted by molar-refractivity contribution is 0.0583. The highest BCUT2D eigenvalue weighted by Gasteiger charge is 2.30. The number of benzene rings is 2. The number of fused-ring (bicyclic) bond motifs is 1. The molecule has 0 radical (unpaired) electrons. The van der Waals surface area contributed by atoms with Crippen LogP contribution in [0.15, 0.2) is 42.5 Å². The molecule has 2 aromatic carbocycles. The van der Waals surface area contributed by atoms with Crippen LogP contribution < -0.4 is 14.2 Å². The molecular weight excluding hydrogens is 292 g/mol. The van der Waals surface area contributed by atoms with Crippen LogP contribution >= 0.6 is 11.6 Å². The first kappa shape index (κ1) is 13.8. The van der Waals surface area contributed by atoms with E-state index in [1.54, 1.807) is 30.3 Å². The van der Waals surface area contributed by atoms with E-state index < -0.39 is 6.10 Å². The average molecular weight is 305 g/mol. The van der Waals surface area contributed by atoms with E-state index in [0.29, 0.717) is 27.8 Å². The van der Waals surface area contributed by atoms with Crippen molar-refractivity contribution in [1.29, 1.82) is 0 Å². The Bertz CT molecular complexity index is 684. The van der Waals surface area contributed by atoms with Crippen LogP contribution in [0.5, 0.6) is 17.2 Å². The van der Waals surface area contributed by atoms with Gasteiger partial charge in [-0.15, -0.1) is 0 Å². The Morgan fingerprint density at radius 2 is 2.00 bits per heavy atom. The average Bonchev–Trinajstić information content (AvgIpc) is 2.53. The molecule has 1 atom stereocenters. The zero-order valence-electron chi connectivity index (χ0n) is 11.3. The summed E-state index contributed by atoms with van der Waals surface area (Å²) in [4.78, 5) is 12.6. The lowest BCUT2D eigenvalue weighted by Crippen LogP contribution is -2.36. The Morgan fingerprint density at radius 3 is 2.76 bits per heavy atom. The molecule has 1 unspecified atom stereocenters. The lowest BCUT2D eigenvalue weighted by atomic mass is 10.0. The Labute approximate surface area is 127 Å². The summed E-state index contributed by atoms with van der Waals surface area (Å²) in [7, 11) is 1.51. The van der Waals surface area contributed by atoms with Crippen LogP contribution in [0.4, 0.5) is 0 Å². The highest BCUT2D eigenvalue weighted by molar-refractivity contribution is 6.31. The van der Waals surface area contributed by atoms with E-state index in [2.05, 4.69) is 0 Å². The first-order valence-corrected chi connectivity index (χ1v) is 6.83. The molecule has 3 rings (SSSR count). The van der Waals surface area contributed by atoms with Crippen LogP contribution in [0.2, 0.25) is 5.02 Å². The van der Waals surface area contributed by atoms with Crippen molar-refractivity contribution in [2.45, 2.75) is 6.10 Å². The molecule has 108 valence electrons. The van der Waals surface area contributed by atoms with Gasteiger partial charge >= 0.3 is 0 Å². The predicted molar refractivity (Wildman–Crippen MR) is 78.7 cm³/mol. The number of halogens is 1. The van der Waals surface area contributed by atoms with Crippen LogP contribution in [0.1, 0.15) is 10.4 Å². The van der Waals surface area contributed by atoms with Crippen molar-refractivity contribution in [3.63, 3.8) is 0 Å². The van der Waals surface area contributed by atoms with Crippen molar-refractivity contribution in [3.05, 3.63) is 53.1 Å². The summed E-state index contributed by atoms with van der Waals surface area (Å²) >= 11 is 5.96. The van der Waals surface area contributed by atoms with Crippen molar-refractivity contribution >= 4 is 17.4 Å². The van der Waals surface area contributed by atoms with Gasteiger partial charge in [-0.05, 0) is 30.3 Å². The van der Waals surface area contributed by atoms with Gasteiger partial charge < -0.3 is 14.2 Å². The van der Waals surface area contributed by atoms with Gasteiger partial charge in [0.15, 0.2) is 17.6 Å². The largest absolute Gasteiger partial charge is 0.496 e. The summed E-state index contributed by atoms with van der Waals surface area (Å²) in [6, 6.07) is 12.2. The highest BCUT2D eigenvalue weighted by atomic mass is 35.5. The van der Waals surface area contributed by atoms with Gasteiger partial charge in [-0.3, -0.25) is 4.79 Å². The smallest absolute Gasteiger partial charge is 0.210 e. The van der Waals surface area contributed by atoms with E-state index in [0.717, 1.165) is 0 Å². The first-order chi connectivity index (χ1) is 10.2. The SMILES string of the molecule is COc1ccc(Cl)cc1C(=O)C1COc2ccccc2O1. The van der Waals surface area contributed by atoms with Crippen molar-refractivity contribution in [1.82, 2.24) is 0 Å². The maximum atomic E-state index is 12.6. The molecule has 0 saturated carbocycles. The molecule has 0 bridgehead atoms. The monoisotopic (exact) mass is 304 g/mol. The second-order valence-corrected chi connectivity index (χ2v) is 5.01. The molecule has 0 fully saturated rings. The number of hydrogen-bond acceptors (Lipinski definition) is 4. The van der Waals surface area contributed by atoms with Crippen molar-refractivity contribution in [3.8, 4) is 17.2 Å². The molecule has 0 aromatic heterocycles. The number of ether oxygens (including phenoxy) is 3. The topological polar surface area (TPSA) is 44.8 Å². The number of Topliss-reactive ketones (excluding diaryl/α,β-unsaturated/α-hetero) is 1. The zero-order chi connectivity index (χ0) is 14.8. The molecule has 4 nitrogen and oxygen atoms in total. The normalized spacial score (nSPS) is 16.4. The fourth-order valence-corrected chi connectivity index (χ4v) is 2.37. The van der Waals surface area contributed by atoms with Crippen LogP contribution in [-0.4, -0.2) is 25.6 Å². The summed E-state index contributed by atoms with van der Waals surface area (Å²) in [5.41, 5.74) is 0.387. The van der Waals surface area contributed by atoms with Gasteiger partial charge in [0.1, 0.15) is 12.4 Å². The molecule has 2 aromatic rings. The van der Waals surface area contributed by atoms with Crippen LogP contribution in [-0.2, 0) is 0 Å². The van der Waals surface area contributed by atoms with Crippen LogP contribution in [0.3, 0.4) is 0 Å². The maximum absolute atomic E-state index is 12.6. The van der Waals surface area contributed by atoms with E-state index in [1.165, 1.54) is 7.11 Å². The predicted octanol–water partition coefficient (Wildman–Crippen LogP) is 3.37. The zero-order valence-corrected chi connectivity index (χ0v) is 12.1. The Balaban J connectivity index is 1.89. The van der Waals surface area contributed by atoms with E-state index in [-0.39, 0.29) is 12.4 Å². The Kier molecular flexibility index (Phi) is 3.71. The number of para-hydroxylation sites is 2. The fraction of sp³-hybridized carbons (Fsp3) is 0.188. The van der Waals surface area contributed by atoms with Crippen molar-refractivity contribution in [2.75, 3.05) is 13.7 Å². The summed E-state index contributed by atoms with van der Waals surface area (Å²) in [6.45, 7) is 0.158. The van der Waals surface area contributed by atoms with Gasteiger partial charge in [0.2, 0.25) is 5.78 Å². The Hall–Kier alpha value is -2.20. The molecule has 1 heterocycles. The van der Waals surface area contributed by atoms with E-state index in [1.807, 2.05) is 12.1 Å². The van der Waals surface area contributed by atoms with Gasteiger partial charge in [0.05, 0.1) is 12.7 Å². The molecule has 0 aliphatic carbocycles. The summed E-state index contributed by atoms with van der Waals surface area (Å²) < 4.78 is 16.5. The third kappa shape index (κ3) is 2.67. The number of carbonyl (C=O) groups is 1. The quantitative estimate of drug-likeness (QED) is 0.816. The highest BCUT2D eigenvalue weighted by Crippen LogP contribution is 2.33. The second-order valence-electron chi connectivity index (χ2n) is 4.57. The fourth-order valence-electron chi connectivity index (χ4n) is 2.19. The van der Waals surface area contributed by atoms with Gasteiger partial charge in [0, 0.05) is 5.02 Å². The van der Waals surface area contributed by atoms with Crippen molar-refractivity contribution < 1.29 is 19.0 Å². The van der Waals surface area contributed by atoms with E-state index in [9.17, 15) is 4.79 Å². The van der Waals surface area contributed by atoms with Gasteiger partial charge in [-0.1, -0.05) is 23.7 Å². The minimum atomic E-state index is -0.715. The standard InChI is InChI=1S/C16H13ClO4/c1-19-12-7-6-10(17)8-11(12)16(18)15-9-20-13-4-2-3-5-14(13)21-15/h2-8,15H,9H2,1H3. The summed E-state index contributed by atoms with van der Waals surface area (Å²) in [6.07, 6.45) is -0.715. The number of hydrogen-bond donors (Lipinski definition) is 0. The summed E-state index contributed by atoms with van der Waals surface area (Å²) in [5, 5.41) is 0.469. The van der Waals surface area contributed by atoms with Gasteiger partial charge in [-0.2, -0.15) is 0 Å². The molecule has 0 N–H and O–H groups in total. The lowest BCUT2D eigenvalue weighted by Gasteiger charge is -2.25. The molecule has 1 aliphatic rings. The minimum absolute atomic E-state index is 0.158. The van der Waals surface area contributed by atoms with E-state index >= 15 is 0 Å². The second kappa shape index (κ2) is 5.66. The molecule has 0 spiro atoms. The third-order valence-corrected chi connectivity index (χ3v) is 3.46. The van der Waals surface area contributed by atoms with Crippen molar-refractivity contribution in [2.24, 2.45) is 0 Å². The molecule has 1 aliphatic heterocycles. The first-order valence-electron chi connectivity index (χ1n) is 6.45. The molecule has 21 heavy (non-hydrogen) atoms. The van der Waals surface area contributed by atoms with Gasteiger partial charge in [0.25, 0.3) is 0 Å². The molecule has 0 saturated heterocycles. The van der Waals surface area contributed by atoms with Crippen LogP contribution in [0.25, 0.3) is 0 Å². The maximum Gasteiger partial charge on any atom is 0.210 e. The Morgan fingerprint density at radius 1 is 1.24 bits per heavy atom. The van der Waals surface area contributed by atoms with Crippen LogP contribution in [0, 0.1) is 0 Å². The van der Waals surface area contributed by atoms with Gasteiger partial charge in [-0.25, -0.2) is 0 Å². The molecule has 5 heteroatoms. The van der Waals surface area contributed by atoms with E-state index in [4.69, 9.17) is 25.8 Å².